The van der Waals surface area contributed by atoms with E-state index in [-0.39, 0.29) is 0 Å². The zero-order valence-corrected chi connectivity index (χ0v) is 36.5. The molecule has 4 heterocycles. The molecule has 0 aliphatic carbocycles. The summed E-state index contributed by atoms with van der Waals surface area (Å²) >= 11 is 0. The van der Waals surface area contributed by atoms with Crippen molar-refractivity contribution >= 4 is 43.6 Å². The minimum atomic E-state index is 0.547. The standard InChI is InChI=1S/C60H38N8/c1-5-21-39(22-6-1)43-29-13-14-30-44(43)58-62-55(40-23-7-2-8-24-40)63-59(64-58)47-33-17-20-36-50(47)67-48-34-18-15-31-45(48)53-51(67)37-38-52-54(53)46-32-16-19-35-49(46)68(52)60-65-56(41-25-9-3-10-26-41)61-57(66-60)42-27-11-4-12-28-42/h1-38H. The molecule has 9 aromatic carbocycles. The Balaban J connectivity index is 1.06. The van der Waals surface area contributed by atoms with Crippen LogP contribution < -0.4 is 0 Å². The molecular weight excluding hydrogens is 833 g/mol. The van der Waals surface area contributed by atoms with Crippen LogP contribution in [0.5, 0.6) is 0 Å². The number of rotatable bonds is 8. The van der Waals surface area contributed by atoms with Crippen LogP contribution in [-0.2, 0) is 0 Å². The van der Waals surface area contributed by atoms with Gasteiger partial charge in [-0.15, -0.1) is 0 Å². The maximum Gasteiger partial charge on any atom is 0.238 e. The Labute approximate surface area is 391 Å². The van der Waals surface area contributed by atoms with Gasteiger partial charge in [0, 0.05) is 49.4 Å². The summed E-state index contributed by atoms with van der Waals surface area (Å²) in [5.41, 5.74) is 11.7. The molecule has 68 heavy (non-hydrogen) atoms. The van der Waals surface area contributed by atoms with E-state index in [4.69, 9.17) is 29.9 Å². The van der Waals surface area contributed by atoms with Gasteiger partial charge in [0.05, 0.1) is 27.8 Å². The average molecular weight is 871 g/mol. The van der Waals surface area contributed by atoms with Gasteiger partial charge in [-0.1, -0.05) is 194 Å². The van der Waals surface area contributed by atoms with E-state index in [1.807, 2.05) is 91.0 Å². The maximum atomic E-state index is 5.34. The Morgan fingerprint density at radius 1 is 0.235 bits per heavy atom. The van der Waals surface area contributed by atoms with Crippen molar-refractivity contribution in [2.45, 2.75) is 0 Å². The third-order valence-corrected chi connectivity index (χ3v) is 12.7. The first-order valence-electron chi connectivity index (χ1n) is 22.6. The second-order valence-electron chi connectivity index (χ2n) is 16.7. The van der Waals surface area contributed by atoms with Crippen LogP contribution >= 0.6 is 0 Å². The molecule has 0 fully saturated rings. The van der Waals surface area contributed by atoms with Crippen LogP contribution in [0.1, 0.15) is 0 Å². The Morgan fingerprint density at radius 2 is 0.603 bits per heavy atom. The molecule has 0 N–H and O–H groups in total. The van der Waals surface area contributed by atoms with Crippen LogP contribution in [0, 0.1) is 0 Å². The molecule has 8 heteroatoms. The van der Waals surface area contributed by atoms with Gasteiger partial charge in [0.2, 0.25) is 5.95 Å². The van der Waals surface area contributed by atoms with Crippen molar-refractivity contribution in [3.63, 3.8) is 0 Å². The number of benzene rings is 9. The summed E-state index contributed by atoms with van der Waals surface area (Å²) in [5, 5.41) is 4.45. The van der Waals surface area contributed by atoms with Crippen LogP contribution in [-0.4, -0.2) is 39.0 Å². The Kier molecular flexibility index (Phi) is 9.31. The fraction of sp³-hybridized carbons (Fsp3) is 0. The predicted octanol–water partition coefficient (Wildman–Crippen LogP) is 14.3. The molecule has 13 rings (SSSR count). The molecule has 0 atom stereocenters. The molecule has 0 radical (unpaired) electrons. The molecule has 13 aromatic rings. The van der Waals surface area contributed by atoms with Crippen molar-refractivity contribution < 1.29 is 0 Å². The molecule has 0 spiro atoms. The van der Waals surface area contributed by atoms with Gasteiger partial charge in [-0.25, -0.2) is 19.9 Å². The third kappa shape index (κ3) is 6.54. The van der Waals surface area contributed by atoms with Crippen LogP contribution in [0.25, 0.3) is 123 Å². The molecule has 0 saturated carbocycles. The molecule has 0 aliphatic heterocycles. The van der Waals surface area contributed by atoms with E-state index in [9.17, 15) is 0 Å². The quantitative estimate of drug-likeness (QED) is 0.151. The second kappa shape index (κ2) is 16.2. The van der Waals surface area contributed by atoms with Crippen molar-refractivity contribution in [3.8, 4) is 79.7 Å². The van der Waals surface area contributed by atoms with Crippen LogP contribution in [0.4, 0.5) is 0 Å². The molecule has 0 saturated heterocycles. The molecule has 8 nitrogen and oxygen atoms in total. The highest BCUT2D eigenvalue weighted by atomic mass is 15.2. The molecule has 0 amide bonds. The largest absolute Gasteiger partial charge is 0.308 e. The topological polar surface area (TPSA) is 87.2 Å². The summed E-state index contributed by atoms with van der Waals surface area (Å²) in [6.07, 6.45) is 0. The number of para-hydroxylation sites is 3. The SMILES string of the molecule is c1ccc(-c2nc(-c3ccccc3-c3ccccc3)nc(-c3ccccc3-n3c4ccccc4c4c5c6ccccc6n(-c6nc(-c7ccccc7)nc(-c7ccccc7)n6)c5ccc43)n2)cc1. The zero-order valence-electron chi connectivity index (χ0n) is 36.5. The normalized spacial score (nSPS) is 11.5. The first kappa shape index (κ1) is 39.0. The van der Waals surface area contributed by atoms with E-state index < -0.39 is 0 Å². The highest BCUT2D eigenvalue weighted by molar-refractivity contribution is 6.29. The van der Waals surface area contributed by atoms with Gasteiger partial charge in [0.25, 0.3) is 0 Å². The minimum absolute atomic E-state index is 0.547. The maximum absolute atomic E-state index is 5.34. The number of nitrogens with zero attached hydrogens (tertiary/aromatic N) is 8. The minimum Gasteiger partial charge on any atom is -0.308 e. The van der Waals surface area contributed by atoms with Crippen LogP contribution in [0.3, 0.4) is 0 Å². The molecule has 318 valence electrons. The summed E-state index contributed by atoms with van der Waals surface area (Å²) in [6, 6.07) is 79.2. The van der Waals surface area contributed by atoms with Crippen LogP contribution in [0.15, 0.2) is 231 Å². The number of aromatic nitrogens is 8. The van der Waals surface area contributed by atoms with Crippen molar-refractivity contribution in [1.29, 1.82) is 0 Å². The Morgan fingerprint density at radius 3 is 1.16 bits per heavy atom. The smallest absolute Gasteiger partial charge is 0.238 e. The second-order valence-corrected chi connectivity index (χ2v) is 16.7. The lowest BCUT2D eigenvalue weighted by Crippen LogP contribution is -2.06. The van der Waals surface area contributed by atoms with Crippen molar-refractivity contribution in [1.82, 2.24) is 39.0 Å². The van der Waals surface area contributed by atoms with Gasteiger partial charge in [-0.05, 0) is 47.5 Å². The fourth-order valence-corrected chi connectivity index (χ4v) is 9.63. The monoisotopic (exact) mass is 870 g/mol. The highest BCUT2D eigenvalue weighted by Gasteiger charge is 2.25. The number of hydrogen-bond acceptors (Lipinski definition) is 6. The molecule has 0 bridgehead atoms. The average Bonchev–Trinajstić information content (AvgIpc) is 3.94. The van der Waals surface area contributed by atoms with E-state index in [1.54, 1.807) is 0 Å². The van der Waals surface area contributed by atoms with Crippen molar-refractivity contribution in [2.75, 3.05) is 0 Å². The van der Waals surface area contributed by atoms with Crippen molar-refractivity contribution in [2.24, 2.45) is 0 Å². The van der Waals surface area contributed by atoms with Gasteiger partial charge in [0.1, 0.15) is 0 Å². The molecule has 0 unspecified atom stereocenters. The van der Waals surface area contributed by atoms with Gasteiger partial charge < -0.3 is 4.57 Å². The lowest BCUT2D eigenvalue weighted by Gasteiger charge is -2.15. The van der Waals surface area contributed by atoms with Gasteiger partial charge in [-0.2, -0.15) is 9.97 Å². The van der Waals surface area contributed by atoms with E-state index >= 15 is 0 Å². The summed E-state index contributed by atoms with van der Waals surface area (Å²) in [6.45, 7) is 0. The third-order valence-electron chi connectivity index (χ3n) is 12.7. The molecule has 4 aromatic heterocycles. The first-order chi connectivity index (χ1) is 33.7. The first-order valence-corrected chi connectivity index (χ1v) is 22.6. The van der Waals surface area contributed by atoms with Gasteiger partial charge >= 0.3 is 0 Å². The van der Waals surface area contributed by atoms with E-state index in [2.05, 4.69) is 149 Å². The summed E-state index contributed by atoms with van der Waals surface area (Å²) < 4.78 is 4.55. The summed E-state index contributed by atoms with van der Waals surface area (Å²) in [7, 11) is 0. The fourth-order valence-electron chi connectivity index (χ4n) is 9.63. The van der Waals surface area contributed by atoms with E-state index in [0.29, 0.717) is 35.1 Å². The summed E-state index contributed by atoms with van der Waals surface area (Å²) in [5.74, 6) is 3.54. The lowest BCUT2D eigenvalue weighted by molar-refractivity contribution is 0.953. The summed E-state index contributed by atoms with van der Waals surface area (Å²) in [4.78, 5) is 31.2. The predicted molar refractivity (Wildman–Crippen MR) is 275 cm³/mol. The van der Waals surface area contributed by atoms with Gasteiger partial charge in [0.15, 0.2) is 29.1 Å². The van der Waals surface area contributed by atoms with E-state index in [0.717, 1.165) is 88.2 Å². The van der Waals surface area contributed by atoms with Gasteiger partial charge in [-0.3, -0.25) is 4.57 Å². The van der Waals surface area contributed by atoms with Crippen LogP contribution in [0.2, 0.25) is 0 Å². The Bertz CT molecular complexity index is 3960. The zero-order chi connectivity index (χ0) is 45.0. The van der Waals surface area contributed by atoms with E-state index in [1.165, 1.54) is 0 Å². The highest BCUT2D eigenvalue weighted by Crippen LogP contribution is 2.44. The number of fused-ring (bicyclic) bond motifs is 7. The number of hydrogen-bond donors (Lipinski definition) is 0. The lowest BCUT2D eigenvalue weighted by atomic mass is 9.99. The van der Waals surface area contributed by atoms with Crippen molar-refractivity contribution in [3.05, 3.63) is 231 Å². The Hall–Kier alpha value is -9.40. The molecular formula is C60H38N8. The molecule has 0 aliphatic rings.